The van der Waals surface area contributed by atoms with Crippen LogP contribution in [0.2, 0.25) is 0 Å². The summed E-state index contributed by atoms with van der Waals surface area (Å²) in [4.78, 5) is 0. The normalized spacial score (nSPS) is 15.3. The van der Waals surface area contributed by atoms with E-state index < -0.39 is 0 Å². The van der Waals surface area contributed by atoms with Crippen molar-refractivity contribution < 1.29 is 0 Å². The lowest BCUT2D eigenvalue weighted by atomic mass is 9.85. The number of rotatable bonds is 4. The minimum absolute atomic E-state index is 0.242. The van der Waals surface area contributed by atoms with Crippen LogP contribution in [0.3, 0.4) is 0 Å². The maximum absolute atomic E-state index is 5.66. The molecule has 0 saturated carbocycles. The number of benzene rings is 1. The Morgan fingerprint density at radius 3 is 2.20 bits per heavy atom. The Hall–Kier alpha value is -0.860. The lowest BCUT2D eigenvalue weighted by Gasteiger charge is -2.27. The molecule has 0 spiro atoms. The smallest absolute Gasteiger partial charge is 0.0490 e. The minimum Gasteiger partial charge on any atom is -0.271 e. The SMILES string of the molecule is Cc1ccccc1C(NN)C(C)C(C)C. The molecule has 0 saturated heterocycles. The summed E-state index contributed by atoms with van der Waals surface area (Å²) in [6.07, 6.45) is 0. The predicted molar refractivity (Wildman–Crippen MR) is 65.2 cm³/mol. The van der Waals surface area contributed by atoms with Crippen LogP contribution >= 0.6 is 0 Å². The van der Waals surface area contributed by atoms with Gasteiger partial charge in [0.05, 0.1) is 0 Å². The van der Waals surface area contributed by atoms with Gasteiger partial charge in [-0.05, 0) is 29.9 Å². The van der Waals surface area contributed by atoms with E-state index in [2.05, 4.69) is 57.4 Å². The first-order valence-electron chi connectivity index (χ1n) is 5.59. The van der Waals surface area contributed by atoms with Gasteiger partial charge in [-0.1, -0.05) is 45.0 Å². The molecule has 0 bridgehead atoms. The molecule has 0 aliphatic carbocycles. The Morgan fingerprint density at radius 2 is 1.73 bits per heavy atom. The molecule has 1 rings (SSSR count). The highest BCUT2D eigenvalue weighted by Crippen LogP contribution is 2.28. The first kappa shape index (κ1) is 12.2. The van der Waals surface area contributed by atoms with E-state index in [-0.39, 0.29) is 6.04 Å². The third-order valence-electron chi connectivity index (χ3n) is 3.28. The maximum atomic E-state index is 5.66. The second-order valence-electron chi connectivity index (χ2n) is 4.60. The van der Waals surface area contributed by atoms with Gasteiger partial charge in [-0.3, -0.25) is 11.3 Å². The molecule has 84 valence electrons. The standard InChI is InChI=1S/C13H22N2/c1-9(2)11(4)13(15-14)12-8-6-5-7-10(12)3/h5-9,11,13,15H,14H2,1-4H3. The van der Waals surface area contributed by atoms with Gasteiger partial charge in [-0.2, -0.15) is 0 Å². The molecule has 2 heteroatoms. The largest absolute Gasteiger partial charge is 0.271 e. The number of aryl methyl sites for hydroxylation is 1. The second kappa shape index (κ2) is 5.29. The van der Waals surface area contributed by atoms with Gasteiger partial charge >= 0.3 is 0 Å². The topological polar surface area (TPSA) is 38.0 Å². The first-order chi connectivity index (χ1) is 7.07. The van der Waals surface area contributed by atoms with Crippen LogP contribution < -0.4 is 11.3 Å². The van der Waals surface area contributed by atoms with Gasteiger partial charge in [0.15, 0.2) is 0 Å². The van der Waals surface area contributed by atoms with E-state index in [0.717, 1.165) is 0 Å². The van der Waals surface area contributed by atoms with Gasteiger partial charge in [0.25, 0.3) is 0 Å². The summed E-state index contributed by atoms with van der Waals surface area (Å²) >= 11 is 0. The monoisotopic (exact) mass is 206 g/mol. The van der Waals surface area contributed by atoms with Gasteiger partial charge in [-0.25, -0.2) is 0 Å². The molecule has 2 nitrogen and oxygen atoms in total. The van der Waals surface area contributed by atoms with Gasteiger partial charge < -0.3 is 0 Å². The van der Waals surface area contributed by atoms with E-state index >= 15 is 0 Å². The summed E-state index contributed by atoms with van der Waals surface area (Å²) in [6, 6.07) is 8.66. The van der Waals surface area contributed by atoms with Crippen molar-refractivity contribution in [1.82, 2.24) is 5.43 Å². The second-order valence-corrected chi connectivity index (χ2v) is 4.60. The van der Waals surface area contributed by atoms with Crippen molar-refractivity contribution in [2.24, 2.45) is 17.7 Å². The molecule has 0 radical (unpaired) electrons. The van der Waals surface area contributed by atoms with Crippen molar-refractivity contribution in [2.45, 2.75) is 33.7 Å². The molecule has 0 aliphatic heterocycles. The molecule has 15 heavy (non-hydrogen) atoms. The molecule has 0 amide bonds. The highest BCUT2D eigenvalue weighted by atomic mass is 15.2. The minimum atomic E-state index is 0.242. The van der Waals surface area contributed by atoms with Gasteiger partial charge in [0, 0.05) is 6.04 Å². The van der Waals surface area contributed by atoms with Crippen LogP contribution in [0.4, 0.5) is 0 Å². The summed E-state index contributed by atoms with van der Waals surface area (Å²) in [7, 11) is 0. The van der Waals surface area contributed by atoms with E-state index in [0.29, 0.717) is 11.8 Å². The fraction of sp³-hybridized carbons (Fsp3) is 0.538. The molecular formula is C13H22N2. The van der Waals surface area contributed by atoms with E-state index in [1.54, 1.807) is 0 Å². The zero-order chi connectivity index (χ0) is 11.4. The van der Waals surface area contributed by atoms with Crippen LogP contribution in [0.15, 0.2) is 24.3 Å². The fourth-order valence-electron chi connectivity index (χ4n) is 1.85. The Kier molecular flexibility index (Phi) is 4.30. The maximum Gasteiger partial charge on any atom is 0.0490 e. The van der Waals surface area contributed by atoms with Gasteiger partial charge in [0.1, 0.15) is 0 Å². The molecule has 2 unspecified atom stereocenters. The van der Waals surface area contributed by atoms with E-state index in [1.807, 2.05) is 0 Å². The number of nitrogens with two attached hydrogens (primary N) is 1. The Bertz CT molecular complexity index is 307. The molecule has 0 aromatic heterocycles. The van der Waals surface area contributed by atoms with Crippen molar-refractivity contribution in [3.8, 4) is 0 Å². The molecular weight excluding hydrogens is 184 g/mol. The zero-order valence-electron chi connectivity index (χ0n) is 10.1. The third-order valence-corrected chi connectivity index (χ3v) is 3.28. The summed E-state index contributed by atoms with van der Waals surface area (Å²) in [5.41, 5.74) is 5.55. The van der Waals surface area contributed by atoms with Crippen molar-refractivity contribution in [3.05, 3.63) is 35.4 Å². The summed E-state index contributed by atoms with van der Waals surface area (Å²) in [6.45, 7) is 8.83. The number of hydrogen-bond acceptors (Lipinski definition) is 2. The van der Waals surface area contributed by atoms with E-state index in [9.17, 15) is 0 Å². The Morgan fingerprint density at radius 1 is 1.13 bits per heavy atom. The number of nitrogens with one attached hydrogen (secondary N) is 1. The molecule has 2 atom stereocenters. The summed E-state index contributed by atoms with van der Waals surface area (Å²) < 4.78 is 0. The lowest BCUT2D eigenvalue weighted by Crippen LogP contribution is -2.34. The fourth-order valence-corrected chi connectivity index (χ4v) is 1.85. The van der Waals surface area contributed by atoms with Crippen molar-refractivity contribution >= 4 is 0 Å². The number of hydrogen-bond donors (Lipinski definition) is 2. The Balaban J connectivity index is 2.97. The molecule has 3 N–H and O–H groups in total. The summed E-state index contributed by atoms with van der Waals surface area (Å²) in [5.74, 6) is 6.80. The van der Waals surface area contributed by atoms with Crippen molar-refractivity contribution in [1.29, 1.82) is 0 Å². The van der Waals surface area contributed by atoms with Crippen LogP contribution in [0.1, 0.15) is 37.9 Å². The van der Waals surface area contributed by atoms with Gasteiger partial charge in [0.2, 0.25) is 0 Å². The van der Waals surface area contributed by atoms with Crippen molar-refractivity contribution in [3.63, 3.8) is 0 Å². The van der Waals surface area contributed by atoms with E-state index in [1.165, 1.54) is 11.1 Å². The van der Waals surface area contributed by atoms with Crippen LogP contribution in [-0.4, -0.2) is 0 Å². The van der Waals surface area contributed by atoms with Crippen LogP contribution in [-0.2, 0) is 0 Å². The first-order valence-corrected chi connectivity index (χ1v) is 5.59. The number of hydrazine groups is 1. The lowest BCUT2D eigenvalue weighted by molar-refractivity contribution is 0.305. The molecule has 0 aliphatic rings. The van der Waals surface area contributed by atoms with E-state index in [4.69, 9.17) is 5.84 Å². The average molecular weight is 206 g/mol. The summed E-state index contributed by atoms with van der Waals surface area (Å²) in [5, 5.41) is 0. The molecule has 0 fully saturated rings. The van der Waals surface area contributed by atoms with Crippen LogP contribution in [0.25, 0.3) is 0 Å². The highest BCUT2D eigenvalue weighted by Gasteiger charge is 2.21. The third kappa shape index (κ3) is 2.80. The quantitative estimate of drug-likeness (QED) is 0.587. The van der Waals surface area contributed by atoms with Gasteiger partial charge in [-0.15, -0.1) is 0 Å². The van der Waals surface area contributed by atoms with Crippen molar-refractivity contribution in [2.75, 3.05) is 0 Å². The molecule has 0 heterocycles. The van der Waals surface area contributed by atoms with Crippen LogP contribution in [0.5, 0.6) is 0 Å². The average Bonchev–Trinajstić information content (AvgIpc) is 2.21. The molecule has 1 aromatic rings. The zero-order valence-corrected chi connectivity index (χ0v) is 10.1. The predicted octanol–water partition coefficient (Wildman–Crippen LogP) is 2.79. The van der Waals surface area contributed by atoms with Crippen LogP contribution in [0, 0.1) is 18.8 Å². The Labute approximate surface area is 92.8 Å². The molecule has 1 aromatic carbocycles. The highest BCUT2D eigenvalue weighted by molar-refractivity contribution is 5.29.